The number of nitrogens with two attached hydrogens (primary N) is 1. The van der Waals surface area contributed by atoms with Crippen LogP contribution in [0.15, 0.2) is 57.9 Å². The van der Waals surface area contributed by atoms with E-state index in [0.717, 1.165) is 24.8 Å². The summed E-state index contributed by atoms with van der Waals surface area (Å²) in [5.74, 6) is -0.124. The van der Waals surface area contributed by atoms with Crippen molar-refractivity contribution in [2.24, 2.45) is 16.6 Å². The Balaban J connectivity index is 1.22. The zero-order valence-electron chi connectivity index (χ0n) is 29.6. The first kappa shape index (κ1) is 37.8. The number of aliphatic imine (C=N–C) groups is 1. The molecular weight excluding hydrogens is 676 g/mol. The van der Waals surface area contributed by atoms with Crippen LogP contribution in [0.1, 0.15) is 65.4 Å². The first-order chi connectivity index (χ1) is 24.2. The molecule has 0 unspecified atom stereocenters. The largest absolute Gasteiger partial charge is 0.446 e. The molecule has 3 aliphatic rings. The maximum Gasteiger partial charge on any atom is 0.407 e. The smallest absolute Gasteiger partial charge is 0.407 e. The molecule has 2 aliphatic heterocycles. The third-order valence-corrected chi connectivity index (χ3v) is 10.4. The van der Waals surface area contributed by atoms with E-state index in [4.69, 9.17) is 20.0 Å². The second-order valence-corrected chi connectivity index (χ2v) is 15.9. The molecule has 0 radical (unpaired) electrons. The summed E-state index contributed by atoms with van der Waals surface area (Å²) in [6, 6.07) is 12.2. The van der Waals surface area contributed by atoms with E-state index in [1.54, 1.807) is 45.0 Å². The van der Waals surface area contributed by atoms with Crippen molar-refractivity contribution in [2.75, 3.05) is 39.3 Å². The number of ether oxygens (including phenoxy) is 2. The van der Waals surface area contributed by atoms with Gasteiger partial charge in [-0.15, -0.1) is 0 Å². The molecule has 0 spiro atoms. The molecule has 14 nitrogen and oxygen atoms in total. The van der Waals surface area contributed by atoms with Crippen molar-refractivity contribution < 1.29 is 37.1 Å². The molecule has 2 fully saturated rings. The second-order valence-electron chi connectivity index (χ2n) is 13.9. The summed E-state index contributed by atoms with van der Waals surface area (Å²) >= 11 is 0. The lowest BCUT2D eigenvalue weighted by Gasteiger charge is -2.38. The number of amides is 3. The Morgan fingerprint density at radius 2 is 1.78 bits per heavy atom. The fourth-order valence-electron chi connectivity index (χ4n) is 5.66. The molecule has 2 heterocycles. The van der Waals surface area contributed by atoms with Crippen LogP contribution in [-0.4, -0.2) is 92.8 Å². The topological polar surface area (TPSA) is 182 Å². The van der Waals surface area contributed by atoms with Gasteiger partial charge in [-0.25, -0.2) is 28.1 Å². The monoisotopic (exact) mass is 724 g/mol. The van der Waals surface area contributed by atoms with Gasteiger partial charge in [-0.1, -0.05) is 31.2 Å². The Hall–Kier alpha value is -4.47. The summed E-state index contributed by atoms with van der Waals surface area (Å²) in [5.41, 5.74) is 8.69. The highest BCUT2D eigenvalue weighted by atomic mass is 32.2. The van der Waals surface area contributed by atoms with Gasteiger partial charge in [0.15, 0.2) is 0 Å². The molecular formula is C36H48N6O8S. The molecule has 2 aromatic carbocycles. The summed E-state index contributed by atoms with van der Waals surface area (Å²) in [6.07, 6.45) is 4.28. The van der Waals surface area contributed by atoms with Crippen molar-refractivity contribution in [1.82, 2.24) is 20.0 Å². The van der Waals surface area contributed by atoms with Gasteiger partial charge in [-0.3, -0.25) is 9.63 Å². The average Bonchev–Trinajstić information content (AvgIpc) is 3.19. The van der Waals surface area contributed by atoms with Gasteiger partial charge in [-0.2, -0.15) is 4.31 Å². The van der Waals surface area contributed by atoms with E-state index < -0.39 is 27.8 Å². The number of alkyl carbamates (subject to hydrolysis) is 2. The Labute approximate surface area is 299 Å². The maximum atomic E-state index is 13.6. The highest BCUT2D eigenvalue weighted by molar-refractivity contribution is 7.89. The Morgan fingerprint density at radius 3 is 2.47 bits per heavy atom. The van der Waals surface area contributed by atoms with Crippen molar-refractivity contribution in [3.8, 4) is 11.1 Å². The lowest BCUT2D eigenvalue weighted by atomic mass is 9.96. The third-order valence-electron chi connectivity index (χ3n) is 8.53. The van der Waals surface area contributed by atoms with Gasteiger partial charge in [0.05, 0.1) is 17.2 Å². The van der Waals surface area contributed by atoms with E-state index in [1.165, 1.54) is 9.37 Å². The molecule has 1 saturated heterocycles. The van der Waals surface area contributed by atoms with Crippen LogP contribution in [0.4, 0.5) is 15.3 Å². The fraction of sp³-hybridized carbons (Fsp3) is 0.500. The van der Waals surface area contributed by atoms with Gasteiger partial charge in [0.2, 0.25) is 10.0 Å². The number of hydroxylamine groups is 2. The summed E-state index contributed by atoms with van der Waals surface area (Å²) in [6.45, 7) is 8.77. The number of nitrogens with zero attached hydrogens (tertiary/aromatic N) is 3. The molecule has 3 amide bonds. The SMILES string of the molecule is CCCN(OCCNC(=O)OC1CCC1)C(=O)C1=Cc2ccc(-c3cccc(S(=O)(=O)N4CC(CNC(=O)OC(C)(C)C)C4)c3)cc2N=C(N)C1. The average molecular weight is 725 g/mol. The van der Waals surface area contributed by atoms with Crippen LogP contribution in [0.3, 0.4) is 0 Å². The number of benzene rings is 2. The van der Waals surface area contributed by atoms with Gasteiger partial charge in [0.1, 0.15) is 17.5 Å². The van der Waals surface area contributed by atoms with E-state index in [1.807, 2.05) is 31.2 Å². The summed E-state index contributed by atoms with van der Waals surface area (Å²) < 4.78 is 38.8. The standard InChI is InChI=1S/C36H48N6O8S/c1-5-15-42(48-16-14-38-34(44)49-29-9-7-10-29)33(43)28-17-27-13-12-26(19-31(27)40-32(37)20-28)25-8-6-11-30(18-25)51(46,47)41-22-24(23-41)21-39-35(45)50-36(2,3)4/h6,8,11-13,17-19,24,29H,5,7,9-10,14-16,20-23H2,1-4H3,(H2,37,40)(H,38,44)(H,39,45). The Morgan fingerprint density at radius 1 is 1.04 bits per heavy atom. The van der Waals surface area contributed by atoms with Gasteiger partial charge in [0.25, 0.3) is 5.91 Å². The number of rotatable bonds is 13. The number of carbonyl (C=O) groups is 3. The highest BCUT2D eigenvalue weighted by Gasteiger charge is 2.37. The minimum absolute atomic E-state index is 0.0158. The molecule has 4 N–H and O–H groups in total. The third kappa shape index (κ3) is 10.1. The van der Waals surface area contributed by atoms with Crippen LogP contribution in [0.25, 0.3) is 17.2 Å². The number of hydrogen-bond acceptors (Lipinski definition) is 10. The summed E-state index contributed by atoms with van der Waals surface area (Å²) in [5, 5.41) is 6.64. The van der Waals surface area contributed by atoms with Crippen molar-refractivity contribution in [1.29, 1.82) is 0 Å². The molecule has 276 valence electrons. The van der Waals surface area contributed by atoms with Crippen LogP contribution in [0.5, 0.6) is 0 Å². The van der Waals surface area contributed by atoms with Crippen LogP contribution in [0, 0.1) is 5.92 Å². The van der Waals surface area contributed by atoms with Crippen LogP contribution < -0.4 is 16.4 Å². The molecule has 1 saturated carbocycles. The molecule has 2 aromatic rings. The Kier molecular flexibility index (Phi) is 12.0. The lowest BCUT2D eigenvalue weighted by Crippen LogP contribution is -2.53. The molecule has 0 atom stereocenters. The van der Waals surface area contributed by atoms with E-state index in [0.29, 0.717) is 41.9 Å². The number of fused-ring (bicyclic) bond motifs is 1. The number of sulfonamides is 1. The lowest BCUT2D eigenvalue weighted by molar-refractivity contribution is -0.181. The van der Waals surface area contributed by atoms with Crippen LogP contribution >= 0.6 is 0 Å². The number of nitrogens with one attached hydrogen (secondary N) is 2. The molecule has 1 aliphatic carbocycles. The number of hydrogen-bond donors (Lipinski definition) is 3. The van der Waals surface area contributed by atoms with Crippen molar-refractivity contribution in [3.63, 3.8) is 0 Å². The van der Waals surface area contributed by atoms with E-state index in [9.17, 15) is 22.8 Å². The van der Waals surface area contributed by atoms with E-state index in [2.05, 4.69) is 15.6 Å². The molecule has 15 heteroatoms. The highest BCUT2D eigenvalue weighted by Crippen LogP contribution is 2.34. The zero-order valence-corrected chi connectivity index (χ0v) is 30.5. The van der Waals surface area contributed by atoms with Gasteiger partial charge >= 0.3 is 12.2 Å². The normalized spacial score (nSPS) is 16.7. The molecule has 51 heavy (non-hydrogen) atoms. The summed E-state index contributed by atoms with van der Waals surface area (Å²) in [4.78, 5) is 48.0. The van der Waals surface area contributed by atoms with E-state index >= 15 is 0 Å². The summed E-state index contributed by atoms with van der Waals surface area (Å²) in [7, 11) is -3.76. The maximum absolute atomic E-state index is 13.6. The number of amidine groups is 1. The van der Waals surface area contributed by atoms with Crippen molar-refractivity contribution in [2.45, 2.75) is 76.4 Å². The molecule has 5 rings (SSSR count). The minimum atomic E-state index is -3.76. The predicted octanol–water partition coefficient (Wildman–Crippen LogP) is 4.72. The second kappa shape index (κ2) is 16.3. The first-order valence-corrected chi connectivity index (χ1v) is 18.8. The Bertz CT molecular complexity index is 1780. The van der Waals surface area contributed by atoms with Crippen molar-refractivity contribution in [3.05, 3.63) is 53.6 Å². The van der Waals surface area contributed by atoms with Crippen LogP contribution in [-0.2, 0) is 29.1 Å². The molecule has 0 bridgehead atoms. The quantitative estimate of drug-likeness (QED) is 0.194. The predicted molar refractivity (Wildman–Crippen MR) is 192 cm³/mol. The van der Waals surface area contributed by atoms with Gasteiger partial charge in [-0.05, 0) is 81.9 Å². The first-order valence-electron chi connectivity index (χ1n) is 17.4. The van der Waals surface area contributed by atoms with Gasteiger partial charge in [0, 0.05) is 56.2 Å². The molecule has 0 aromatic heterocycles. The minimum Gasteiger partial charge on any atom is -0.446 e. The van der Waals surface area contributed by atoms with Crippen LogP contribution in [0.2, 0.25) is 0 Å². The number of carbonyl (C=O) groups excluding carboxylic acids is 3. The van der Waals surface area contributed by atoms with Gasteiger partial charge < -0.3 is 25.8 Å². The zero-order chi connectivity index (χ0) is 36.8. The van der Waals surface area contributed by atoms with Crippen molar-refractivity contribution >= 4 is 45.7 Å². The fourth-order valence-corrected chi connectivity index (χ4v) is 7.30. The van der Waals surface area contributed by atoms with E-state index in [-0.39, 0.29) is 61.3 Å².